The lowest BCUT2D eigenvalue weighted by atomic mass is 10.2. The Bertz CT molecular complexity index is 823. The summed E-state index contributed by atoms with van der Waals surface area (Å²) in [6.45, 7) is 7.71. The van der Waals surface area contributed by atoms with Gasteiger partial charge in [-0.25, -0.2) is 0 Å². The highest BCUT2D eigenvalue weighted by molar-refractivity contribution is 6.31. The van der Waals surface area contributed by atoms with Gasteiger partial charge in [0.2, 0.25) is 5.91 Å². The number of likely N-dealkylation sites (N-methyl/N-ethyl adjacent to an activating group) is 1. The minimum Gasteiger partial charge on any atom is -0.481 e. The van der Waals surface area contributed by atoms with Gasteiger partial charge in [0, 0.05) is 17.3 Å². The van der Waals surface area contributed by atoms with Gasteiger partial charge in [-0.15, -0.1) is 0 Å². The van der Waals surface area contributed by atoms with Crippen molar-refractivity contribution in [3.05, 3.63) is 58.6 Å². The van der Waals surface area contributed by atoms with E-state index in [1.165, 1.54) is 4.90 Å². The lowest BCUT2D eigenvalue weighted by Gasteiger charge is -2.24. The van der Waals surface area contributed by atoms with Crippen LogP contribution < -0.4 is 10.1 Å². The van der Waals surface area contributed by atoms with Gasteiger partial charge in [0.05, 0.1) is 6.54 Å². The number of carbonyl (C=O) groups excluding carboxylic acids is 2. The fraction of sp³-hybridized carbons (Fsp3) is 0.333. The minimum absolute atomic E-state index is 0.0528. The van der Waals surface area contributed by atoms with Crippen molar-refractivity contribution in [2.45, 2.75) is 33.8 Å². The molecule has 1 N–H and O–H groups in total. The van der Waals surface area contributed by atoms with E-state index in [9.17, 15) is 9.59 Å². The molecule has 0 bridgehead atoms. The van der Waals surface area contributed by atoms with Crippen LogP contribution in [-0.4, -0.2) is 35.9 Å². The van der Waals surface area contributed by atoms with Crippen LogP contribution in [0.5, 0.6) is 5.75 Å². The Labute approximate surface area is 165 Å². The predicted octanol–water partition coefficient (Wildman–Crippen LogP) is 4.21. The molecule has 144 valence electrons. The molecule has 0 heterocycles. The monoisotopic (exact) mass is 388 g/mol. The van der Waals surface area contributed by atoms with Crippen molar-refractivity contribution < 1.29 is 14.3 Å². The first kappa shape index (κ1) is 20.8. The number of aryl methyl sites for hydroxylation is 2. The van der Waals surface area contributed by atoms with E-state index in [0.29, 0.717) is 23.0 Å². The van der Waals surface area contributed by atoms with Crippen LogP contribution in [0, 0.1) is 13.8 Å². The summed E-state index contributed by atoms with van der Waals surface area (Å²) in [5, 5.41) is 3.35. The fourth-order valence-corrected chi connectivity index (χ4v) is 2.81. The molecule has 2 aromatic carbocycles. The Balaban J connectivity index is 1.99. The number of ether oxygens (including phenoxy) is 1. The summed E-state index contributed by atoms with van der Waals surface area (Å²) in [6.07, 6.45) is -0.688. The van der Waals surface area contributed by atoms with Crippen LogP contribution in [0.15, 0.2) is 42.5 Å². The maximum Gasteiger partial charge on any atom is 0.263 e. The number of nitrogens with zero attached hydrogens (tertiary/aromatic N) is 1. The molecule has 2 rings (SSSR count). The molecule has 27 heavy (non-hydrogen) atoms. The molecule has 2 aromatic rings. The number of amides is 2. The van der Waals surface area contributed by atoms with E-state index < -0.39 is 6.10 Å². The summed E-state index contributed by atoms with van der Waals surface area (Å²) in [5.74, 6) is 0.112. The lowest BCUT2D eigenvalue weighted by molar-refractivity contribution is -0.140. The summed E-state index contributed by atoms with van der Waals surface area (Å²) in [5.41, 5.74) is 2.59. The molecule has 2 amide bonds. The molecule has 0 saturated carbocycles. The average Bonchev–Trinajstić information content (AvgIpc) is 2.62. The molecular formula is C21H25ClN2O3. The van der Waals surface area contributed by atoms with Gasteiger partial charge in [0.1, 0.15) is 5.75 Å². The van der Waals surface area contributed by atoms with Gasteiger partial charge in [0.15, 0.2) is 6.10 Å². The summed E-state index contributed by atoms with van der Waals surface area (Å²) in [6, 6.07) is 12.8. The smallest absolute Gasteiger partial charge is 0.263 e. The molecule has 1 atom stereocenters. The molecule has 0 aromatic heterocycles. The summed E-state index contributed by atoms with van der Waals surface area (Å²) in [7, 11) is 0. The Kier molecular flexibility index (Phi) is 7.25. The molecule has 0 aliphatic heterocycles. The predicted molar refractivity (Wildman–Crippen MR) is 108 cm³/mol. The molecule has 6 heteroatoms. The second kappa shape index (κ2) is 9.42. The van der Waals surface area contributed by atoms with E-state index in [2.05, 4.69) is 5.32 Å². The van der Waals surface area contributed by atoms with Gasteiger partial charge >= 0.3 is 0 Å². The number of rotatable bonds is 7. The van der Waals surface area contributed by atoms with Crippen molar-refractivity contribution in [3.8, 4) is 5.75 Å². The first-order valence-electron chi connectivity index (χ1n) is 8.88. The molecule has 0 fully saturated rings. The zero-order valence-electron chi connectivity index (χ0n) is 16.1. The second-order valence-corrected chi connectivity index (χ2v) is 6.87. The van der Waals surface area contributed by atoms with Crippen LogP contribution in [0.4, 0.5) is 5.69 Å². The van der Waals surface area contributed by atoms with Crippen LogP contribution >= 0.6 is 11.6 Å². The summed E-state index contributed by atoms with van der Waals surface area (Å²) < 4.78 is 5.73. The molecular weight excluding hydrogens is 364 g/mol. The van der Waals surface area contributed by atoms with Crippen LogP contribution in [0.2, 0.25) is 5.02 Å². The van der Waals surface area contributed by atoms with E-state index in [0.717, 1.165) is 11.1 Å². The van der Waals surface area contributed by atoms with Crippen LogP contribution in [0.3, 0.4) is 0 Å². The van der Waals surface area contributed by atoms with Crippen molar-refractivity contribution in [3.63, 3.8) is 0 Å². The van der Waals surface area contributed by atoms with Gasteiger partial charge in [-0.3, -0.25) is 9.59 Å². The van der Waals surface area contributed by atoms with Crippen LogP contribution in [0.25, 0.3) is 0 Å². The van der Waals surface area contributed by atoms with Gasteiger partial charge in [-0.05, 0) is 63.1 Å². The maximum absolute atomic E-state index is 12.7. The van der Waals surface area contributed by atoms with E-state index in [-0.39, 0.29) is 18.4 Å². The molecule has 0 saturated heterocycles. The highest BCUT2D eigenvalue weighted by Gasteiger charge is 2.23. The zero-order chi connectivity index (χ0) is 20.0. The molecule has 0 unspecified atom stereocenters. The number of benzene rings is 2. The first-order valence-corrected chi connectivity index (χ1v) is 9.26. The quantitative estimate of drug-likeness (QED) is 0.772. The molecule has 0 spiro atoms. The highest BCUT2D eigenvalue weighted by atomic mass is 35.5. The molecule has 0 aliphatic carbocycles. The van der Waals surface area contributed by atoms with Crippen molar-refractivity contribution in [2.24, 2.45) is 0 Å². The standard InChI is InChI=1S/C21H25ClN2O3/c1-5-24(13-20(25)23-19-12-17(22)10-9-15(19)3)21(26)16(4)27-18-8-6-7-14(2)11-18/h6-12,16H,5,13H2,1-4H3,(H,23,25)/t16-/m0/s1. The van der Waals surface area contributed by atoms with Crippen molar-refractivity contribution in [1.29, 1.82) is 0 Å². The van der Waals surface area contributed by atoms with Crippen LogP contribution in [-0.2, 0) is 9.59 Å². The number of hydrogen-bond donors (Lipinski definition) is 1. The van der Waals surface area contributed by atoms with Gasteiger partial charge < -0.3 is 15.0 Å². The number of halogens is 1. The lowest BCUT2D eigenvalue weighted by Crippen LogP contribution is -2.44. The van der Waals surface area contributed by atoms with E-state index in [4.69, 9.17) is 16.3 Å². The third-order valence-corrected chi connectivity index (χ3v) is 4.39. The molecule has 0 radical (unpaired) electrons. The summed E-state index contributed by atoms with van der Waals surface area (Å²) in [4.78, 5) is 26.5. The number of anilines is 1. The summed E-state index contributed by atoms with van der Waals surface area (Å²) >= 11 is 5.98. The topological polar surface area (TPSA) is 58.6 Å². The van der Waals surface area contributed by atoms with Crippen molar-refractivity contribution >= 4 is 29.1 Å². The van der Waals surface area contributed by atoms with E-state index in [1.54, 1.807) is 19.1 Å². The minimum atomic E-state index is -0.688. The molecule has 0 aliphatic rings. The number of nitrogens with one attached hydrogen (secondary N) is 1. The van der Waals surface area contributed by atoms with Gasteiger partial charge in [0.25, 0.3) is 5.91 Å². The average molecular weight is 389 g/mol. The normalized spacial score (nSPS) is 11.6. The SMILES string of the molecule is CCN(CC(=O)Nc1cc(Cl)ccc1C)C(=O)[C@H](C)Oc1cccc(C)c1. The Morgan fingerprint density at radius 2 is 1.93 bits per heavy atom. The van der Waals surface area contributed by atoms with Crippen molar-refractivity contribution in [2.75, 3.05) is 18.4 Å². The first-order chi connectivity index (χ1) is 12.8. The van der Waals surface area contributed by atoms with E-state index in [1.807, 2.05) is 51.1 Å². The Morgan fingerprint density at radius 1 is 1.19 bits per heavy atom. The number of carbonyl (C=O) groups is 2. The fourth-order valence-electron chi connectivity index (χ4n) is 2.64. The Morgan fingerprint density at radius 3 is 2.59 bits per heavy atom. The van der Waals surface area contributed by atoms with Crippen molar-refractivity contribution in [1.82, 2.24) is 4.90 Å². The third kappa shape index (κ3) is 6.00. The third-order valence-electron chi connectivity index (χ3n) is 4.15. The van der Waals surface area contributed by atoms with Gasteiger partial charge in [-0.2, -0.15) is 0 Å². The van der Waals surface area contributed by atoms with E-state index >= 15 is 0 Å². The maximum atomic E-state index is 12.7. The highest BCUT2D eigenvalue weighted by Crippen LogP contribution is 2.20. The molecule has 5 nitrogen and oxygen atoms in total. The number of hydrogen-bond acceptors (Lipinski definition) is 3. The van der Waals surface area contributed by atoms with Gasteiger partial charge in [-0.1, -0.05) is 29.8 Å². The zero-order valence-corrected chi connectivity index (χ0v) is 16.8. The Hall–Kier alpha value is -2.53. The van der Waals surface area contributed by atoms with Crippen LogP contribution in [0.1, 0.15) is 25.0 Å². The second-order valence-electron chi connectivity index (χ2n) is 6.44. The largest absolute Gasteiger partial charge is 0.481 e.